The number of hydrogen-bond donors (Lipinski definition) is 1. The summed E-state index contributed by atoms with van der Waals surface area (Å²) in [6.45, 7) is 6.86. The van der Waals surface area contributed by atoms with Gasteiger partial charge < -0.3 is 10.2 Å². The first-order valence-electron chi connectivity index (χ1n) is 8.36. The summed E-state index contributed by atoms with van der Waals surface area (Å²) in [6, 6.07) is 7.94. The molecule has 0 unspecified atom stereocenters. The standard InChI is InChI=1S/C18H31N3O/c1-5-7-13-21(14-8-6-2)15-18(22)19-16-9-11-17(12-10-16)20(3)4/h9-12H,5-8,13-15H2,1-4H3,(H,19,22). The molecule has 0 aromatic heterocycles. The van der Waals surface area contributed by atoms with E-state index in [9.17, 15) is 4.79 Å². The van der Waals surface area contributed by atoms with Crippen molar-refractivity contribution in [1.29, 1.82) is 0 Å². The molecule has 0 aliphatic rings. The number of nitrogens with one attached hydrogen (secondary N) is 1. The van der Waals surface area contributed by atoms with Gasteiger partial charge in [-0.05, 0) is 50.2 Å². The zero-order valence-electron chi connectivity index (χ0n) is 14.6. The van der Waals surface area contributed by atoms with E-state index in [4.69, 9.17) is 0 Å². The summed E-state index contributed by atoms with van der Waals surface area (Å²) < 4.78 is 0. The van der Waals surface area contributed by atoms with Gasteiger partial charge in [0.05, 0.1) is 6.54 Å². The first-order valence-corrected chi connectivity index (χ1v) is 8.36. The van der Waals surface area contributed by atoms with E-state index in [1.165, 1.54) is 0 Å². The molecule has 1 aromatic rings. The van der Waals surface area contributed by atoms with Crippen LogP contribution in [0.5, 0.6) is 0 Å². The van der Waals surface area contributed by atoms with Crippen molar-refractivity contribution < 1.29 is 4.79 Å². The van der Waals surface area contributed by atoms with Gasteiger partial charge in [0.2, 0.25) is 5.91 Å². The third-order valence-electron chi connectivity index (χ3n) is 3.69. The number of benzene rings is 1. The van der Waals surface area contributed by atoms with Gasteiger partial charge >= 0.3 is 0 Å². The maximum absolute atomic E-state index is 12.2. The molecule has 4 heteroatoms. The van der Waals surface area contributed by atoms with E-state index >= 15 is 0 Å². The average molecular weight is 305 g/mol. The monoisotopic (exact) mass is 305 g/mol. The lowest BCUT2D eigenvalue weighted by atomic mass is 10.2. The normalized spacial score (nSPS) is 10.8. The lowest BCUT2D eigenvalue weighted by molar-refractivity contribution is -0.117. The molecular formula is C18H31N3O. The smallest absolute Gasteiger partial charge is 0.238 e. The van der Waals surface area contributed by atoms with Gasteiger partial charge in [-0.3, -0.25) is 9.69 Å². The Kier molecular flexibility index (Phi) is 8.60. The number of carbonyl (C=O) groups excluding carboxylic acids is 1. The van der Waals surface area contributed by atoms with Crippen molar-refractivity contribution in [3.05, 3.63) is 24.3 Å². The van der Waals surface area contributed by atoms with Gasteiger partial charge in [0.1, 0.15) is 0 Å². The van der Waals surface area contributed by atoms with Gasteiger partial charge in [-0.25, -0.2) is 0 Å². The van der Waals surface area contributed by atoms with Crippen LogP contribution in [0, 0.1) is 0 Å². The lowest BCUT2D eigenvalue weighted by Crippen LogP contribution is -2.34. The van der Waals surface area contributed by atoms with Gasteiger partial charge in [0.15, 0.2) is 0 Å². The van der Waals surface area contributed by atoms with Gasteiger partial charge in [0, 0.05) is 25.5 Å². The fourth-order valence-corrected chi connectivity index (χ4v) is 2.28. The van der Waals surface area contributed by atoms with Crippen molar-refractivity contribution in [2.75, 3.05) is 43.9 Å². The zero-order valence-corrected chi connectivity index (χ0v) is 14.6. The molecule has 0 radical (unpaired) electrons. The molecule has 22 heavy (non-hydrogen) atoms. The lowest BCUT2D eigenvalue weighted by Gasteiger charge is -2.21. The van der Waals surface area contributed by atoms with Crippen LogP contribution in [0.2, 0.25) is 0 Å². The fraction of sp³-hybridized carbons (Fsp3) is 0.611. The second-order valence-corrected chi connectivity index (χ2v) is 5.97. The predicted octanol–water partition coefficient (Wildman–Crippen LogP) is 3.59. The SMILES string of the molecule is CCCCN(CCCC)CC(=O)Nc1ccc(N(C)C)cc1. The van der Waals surface area contributed by atoms with Crippen LogP contribution >= 0.6 is 0 Å². The van der Waals surface area contributed by atoms with Crippen molar-refractivity contribution in [2.45, 2.75) is 39.5 Å². The Morgan fingerprint density at radius 3 is 2.00 bits per heavy atom. The van der Waals surface area contributed by atoms with Crippen molar-refractivity contribution in [2.24, 2.45) is 0 Å². The first kappa shape index (κ1) is 18.5. The van der Waals surface area contributed by atoms with Crippen molar-refractivity contribution in [1.82, 2.24) is 4.90 Å². The van der Waals surface area contributed by atoms with Crippen LogP contribution in [0.25, 0.3) is 0 Å². The van der Waals surface area contributed by atoms with E-state index in [2.05, 4.69) is 24.1 Å². The third kappa shape index (κ3) is 6.94. The van der Waals surface area contributed by atoms with Crippen LogP contribution < -0.4 is 10.2 Å². The zero-order chi connectivity index (χ0) is 16.4. The number of amides is 1. The van der Waals surface area contributed by atoms with E-state index in [0.29, 0.717) is 6.54 Å². The molecule has 1 aromatic carbocycles. The van der Waals surface area contributed by atoms with Crippen LogP contribution in [0.4, 0.5) is 11.4 Å². The number of unbranched alkanes of at least 4 members (excludes halogenated alkanes) is 2. The number of hydrogen-bond acceptors (Lipinski definition) is 3. The molecule has 1 amide bonds. The highest BCUT2D eigenvalue weighted by Gasteiger charge is 2.10. The number of anilines is 2. The largest absolute Gasteiger partial charge is 0.378 e. The fourth-order valence-electron chi connectivity index (χ4n) is 2.28. The van der Waals surface area contributed by atoms with Crippen LogP contribution in [0.15, 0.2) is 24.3 Å². The summed E-state index contributed by atoms with van der Waals surface area (Å²) in [5.74, 6) is 0.0739. The summed E-state index contributed by atoms with van der Waals surface area (Å²) in [5, 5.41) is 2.99. The van der Waals surface area contributed by atoms with Gasteiger partial charge in [0.25, 0.3) is 0 Å². The molecule has 0 heterocycles. The summed E-state index contributed by atoms with van der Waals surface area (Å²) >= 11 is 0. The Hall–Kier alpha value is -1.55. The minimum atomic E-state index is 0.0739. The van der Waals surface area contributed by atoms with Crippen LogP contribution in [-0.4, -0.2) is 44.5 Å². The molecule has 0 spiro atoms. The summed E-state index contributed by atoms with van der Waals surface area (Å²) in [7, 11) is 4.01. The second-order valence-electron chi connectivity index (χ2n) is 5.97. The average Bonchev–Trinajstić information content (AvgIpc) is 2.50. The summed E-state index contributed by atoms with van der Waals surface area (Å²) in [6.07, 6.45) is 4.62. The highest BCUT2D eigenvalue weighted by Crippen LogP contribution is 2.15. The van der Waals surface area contributed by atoms with Crippen LogP contribution in [0.1, 0.15) is 39.5 Å². The summed E-state index contributed by atoms with van der Waals surface area (Å²) in [5.41, 5.74) is 1.99. The molecule has 1 N–H and O–H groups in total. The van der Waals surface area contributed by atoms with Crippen LogP contribution in [0.3, 0.4) is 0 Å². The highest BCUT2D eigenvalue weighted by molar-refractivity contribution is 5.92. The Bertz CT molecular complexity index is 420. The van der Waals surface area contributed by atoms with Gasteiger partial charge in [-0.15, -0.1) is 0 Å². The van der Waals surface area contributed by atoms with E-state index in [1.54, 1.807) is 0 Å². The first-order chi connectivity index (χ1) is 10.6. The Labute approximate surface area is 135 Å². The van der Waals surface area contributed by atoms with Gasteiger partial charge in [-0.1, -0.05) is 26.7 Å². The quantitative estimate of drug-likeness (QED) is 0.717. The number of carbonyl (C=O) groups is 1. The number of rotatable bonds is 10. The minimum Gasteiger partial charge on any atom is -0.378 e. The van der Waals surface area contributed by atoms with E-state index in [1.807, 2.05) is 43.3 Å². The summed E-state index contributed by atoms with van der Waals surface area (Å²) in [4.78, 5) is 16.5. The maximum atomic E-state index is 12.2. The molecule has 1 rings (SSSR count). The van der Waals surface area contributed by atoms with Gasteiger partial charge in [-0.2, -0.15) is 0 Å². The molecule has 0 fully saturated rings. The predicted molar refractivity (Wildman–Crippen MR) is 95.7 cm³/mol. The number of nitrogens with zero attached hydrogens (tertiary/aromatic N) is 2. The van der Waals surface area contributed by atoms with Crippen LogP contribution in [-0.2, 0) is 4.79 Å². The third-order valence-corrected chi connectivity index (χ3v) is 3.69. The molecule has 124 valence electrons. The Morgan fingerprint density at radius 2 is 1.55 bits per heavy atom. The van der Waals surface area contributed by atoms with E-state index < -0.39 is 0 Å². The van der Waals surface area contributed by atoms with Crippen molar-refractivity contribution in [3.8, 4) is 0 Å². The molecule has 0 saturated heterocycles. The van der Waals surface area contributed by atoms with Crippen molar-refractivity contribution >= 4 is 17.3 Å². The van der Waals surface area contributed by atoms with Crippen molar-refractivity contribution in [3.63, 3.8) is 0 Å². The molecule has 0 saturated carbocycles. The maximum Gasteiger partial charge on any atom is 0.238 e. The topological polar surface area (TPSA) is 35.6 Å². The molecule has 0 atom stereocenters. The minimum absolute atomic E-state index is 0.0739. The molecule has 4 nitrogen and oxygen atoms in total. The highest BCUT2D eigenvalue weighted by atomic mass is 16.2. The molecule has 0 aliphatic carbocycles. The molecular weight excluding hydrogens is 274 g/mol. The Balaban J connectivity index is 2.50. The van der Waals surface area contributed by atoms with E-state index in [0.717, 1.165) is 50.1 Å². The Morgan fingerprint density at radius 1 is 1.00 bits per heavy atom. The molecule has 0 bridgehead atoms. The van der Waals surface area contributed by atoms with E-state index in [-0.39, 0.29) is 5.91 Å². The second kappa shape index (κ2) is 10.2. The molecule has 0 aliphatic heterocycles.